The molecule has 2 aromatic rings. The minimum Gasteiger partial charge on any atom is -0.345 e. The molecule has 1 aromatic heterocycles. The van der Waals surface area contributed by atoms with Crippen LogP contribution >= 0.6 is 0 Å². The zero-order valence-corrected chi connectivity index (χ0v) is 11.1. The number of nitro benzene ring substituents is 1. The molecule has 0 bridgehead atoms. The number of hydrogen-bond donors (Lipinski definition) is 1. The van der Waals surface area contributed by atoms with E-state index in [-0.39, 0.29) is 11.6 Å². The summed E-state index contributed by atoms with van der Waals surface area (Å²) >= 11 is 0. The summed E-state index contributed by atoms with van der Waals surface area (Å²) in [6.07, 6.45) is 3.14. The van der Waals surface area contributed by atoms with Gasteiger partial charge in [0.25, 0.3) is 11.6 Å². The molecule has 0 radical (unpaired) electrons. The van der Waals surface area contributed by atoms with E-state index in [9.17, 15) is 19.3 Å². The van der Waals surface area contributed by atoms with Gasteiger partial charge in [0.15, 0.2) is 0 Å². The van der Waals surface area contributed by atoms with Crippen molar-refractivity contribution in [3.8, 4) is 0 Å². The van der Waals surface area contributed by atoms with Gasteiger partial charge in [-0.15, -0.1) is 0 Å². The van der Waals surface area contributed by atoms with Crippen LogP contribution in [-0.4, -0.2) is 15.8 Å². The summed E-state index contributed by atoms with van der Waals surface area (Å²) in [5.41, 5.74) is 0.0501. The summed E-state index contributed by atoms with van der Waals surface area (Å²) in [7, 11) is 0. The Morgan fingerprint density at radius 3 is 2.62 bits per heavy atom. The molecule has 1 atom stereocenters. The molecule has 7 heteroatoms. The van der Waals surface area contributed by atoms with Crippen LogP contribution in [0.5, 0.6) is 0 Å². The molecule has 0 saturated heterocycles. The van der Waals surface area contributed by atoms with Gasteiger partial charge in [0.1, 0.15) is 11.4 Å². The second-order valence-corrected chi connectivity index (χ2v) is 4.39. The van der Waals surface area contributed by atoms with Crippen LogP contribution in [0.4, 0.5) is 10.1 Å². The molecule has 0 aliphatic rings. The van der Waals surface area contributed by atoms with Gasteiger partial charge in [0, 0.05) is 18.5 Å². The van der Waals surface area contributed by atoms with E-state index in [1.54, 1.807) is 31.5 Å². The van der Waals surface area contributed by atoms with E-state index in [1.807, 2.05) is 0 Å². The third kappa shape index (κ3) is 3.38. The molecule has 1 unspecified atom stereocenters. The van der Waals surface area contributed by atoms with Crippen molar-refractivity contribution in [2.75, 3.05) is 0 Å². The predicted molar refractivity (Wildman–Crippen MR) is 73.2 cm³/mol. The summed E-state index contributed by atoms with van der Waals surface area (Å²) in [6.45, 7) is 1.72. The van der Waals surface area contributed by atoms with E-state index < -0.39 is 22.3 Å². The van der Waals surface area contributed by atoms with Gasteiger partial charge in [-0.3, -0.25) is 19.9 Å². The first-order chi connectivity index (χ1) is 9.99. The summed E-state index contributed by atoms with van der Waals surface area (Å²) in [5, 5.41) is 13.5. The second kappa shape index (κ2) is 6.08. The molecule has 1 heterocycles. The summed E-state index contributed by atoms with van der Waals surface area (Å²) in [4.78, 5) is 26.1. The number of halogens is 1. The third-order valence-electron chi connectivity index (χ3n) is 2.95. The molecule has 108 valence electrons. The average molecular weight is 289 g/mol. The van der Waals surface area contributed by atoms with Gasteiger partial charge >= 0.3 is 0 Å². The lowest BCUT2D eigenvalue weighted by atomic mass is 10.1. The molecule has 0 aliphatic heterocycles. The maximum Gasteiger partial charge on any atom is 0.282 e. The van der Waals surface area contributed by atoms with Crippen LogP contribution in [0, 0.1) is 15.9 Å². The Kier molecular flexibility index (Phi) is 4.22. The van der Waals surface area contributed by atoms with Crippen LogP contribution in [0.3, 0.4) is 0 Å². The summed E-state index contributed by atoms with van der Waals surface area (Å²) in [6, 6.07) is 5.81. The molecule has 0 spiro atoms. The van der Waals surface area contributed by atoms with Crippen molar-refractivity contribution < 1.29 is 14.1 Å². The fourth-order valence-corrected chi connectivity index (χ4v) is 1.86. The Balaban J connectivity index is 2.25. The Labute approximate surface area is 119 Å². The number of nitrogens with one attached hydrogen (secondary N) is 1. The number of carbonyl (C=O) groups excluding carboxylic acids is 1. The van der Waals surface area contributed by atoms with Crippen molar-refractivity contribution in [1.82, 2.24) is 10.3 Å². The van der Waals surface area contributed by atoms with E-state index in [0.29, 0.717) is 0 Å². The van der Waals surface area contributed by atoms with Crippen LogP contribution in [0.2, 0.25) is 0 Å². The van der Waals surface area contributed by atoms with Gasteiger partial charge < -0.3 is 5.32 Å². The molecule has 1 amide bonds. The van der Waals surface area contributed by atoms with Crippen molar-refractivity contribution in [1.29, 1.82) is 0 Å². The molecule has 2 rings (SSSR count). The minimum absolute atomic E-state index is 0.305. The summed E-state index contributed by atoms with van der Waals surface area (Å²) in [5.74, 6) is -1.41. The number of nitro groups is 1. The van der Waals surface area contributed by atoms with Crippen molar-refractivity contribution in [2.24, 2.45) is 0 Å². The van der Waals surface area contributed by atoms with Crippen LogP contribution in [0.15, 0.2) is 42.7 Å². The molecule has 0 aliphatic carbocycles. The first-order valence-electron chi connectivity index (χ1n) is 6.14. The number of pyridine rings is 1. The largest absolute Gasteiger partial charge is 0.345 e. The first-order valence-corrected chi connectivity index (χ1v) is 6.14. The van der Waals surface area contributed by atoms with Crippen LogP contribution < -0.4 is 5.32 Å². The van der Waals surface area contributed by atoms with Crippen molar-refractivity contribution in [3.05, 3.63) is 69.8 Å². The number of nitrogens with zero attached hydrogens (tertiary/aromatic N) is 2. The lowest BCUT2D eigenvalue weighted by molar-refractivity contribution is -0.385. The Morgan fingerprint density at radius 2 is 2.00 bits per heavy atom. The Morgan fingerprint density at radius 1 is 1.33 bits per heavy atom. The van der Waals surface area contributed by atoms with E-state index in [4.69, 9.17) is 0 Å². The van der Waals surface area contributed by atoms with Gasteiger partial charge in [-0.2, -0.15) is 0 Å². The average Bonchev–Trinajstić information content (AvgIpc) is 2.47. The fourth-order valence-electron chi connectivity index (χ4n) is 1.86. The standard InChI is InChI=1S/C14H12FN3O3/c1-9(10-4-6-16-7-5-10)17-14(19)12-8-11(15)2-3-13(12)18(20)21/h2-9H,1H3,(H,17,19). The highest BCUT2D eigenvalue weighted by atomic mass is 19.1. The van der Waals surface area contributed by atoms with Gasteiger partial charge in [0.2, 0.25) is 0 Å². The van der Waals surface area contributed by atoms with Gasteiger partial charge in [-0.05, 0) is 36.8 Å². The monoisotopic (exact) mass is 289 g/mol. The van der Waals surface area contributed by atoms with E-state index in [1.165, 1.54) is 0 Å². The van der Waals surface area contributed by atoms with E-state index in [0.717, 1.165) is 23.8 Å². The van der Waals surface area contributed by atoms with Crippen LogP contribution in [-0.2, 0) is 0 Å². The highest BCUT2D eigenvalue weighted by Crippen LogP contribution is 2.21. The molecule has 21 heavy (non-hydrogen) atoms. The van der Waals surface area contributed by atoms with Crippen molar-refractivity contribution >= 4 is 11.6 Å². The highest BCUT2D eigenvalue weighted by molar-refractivity contribution is 5.98. The Hall–Kier alpha value is -2.83. The molecular weight excluding hydrogens is 277 g/mol. The smallest absolute Gasteiger partial charge is 0.282 e. The highest BCUT2D eigenvalue weighted by Gasteiger charge is 2.22. The van der Waals surface area contributed by atoms with Gasteiger partial charge in [0.05, 0.1) is 11.0 Å². The Bertz CT molecular complexity index is 676. The lowest BCUT2D eigenvalue weighted by Crippen LogP contribution is -2.27. The number of rotatable bonds is 4. The SMILES string of the molecule is CC(NC(=O)c1cc(F)ccc1[N+](=O)[O-])c1ccncc1. The lowest BCUT2D eigenvalue weighted by Gasteiger charge is -2.14. The zero-order chi connectivity index (χ0) is 15.4. The molecule has 1 N–H and O–H groups in total. The number of carbonyl (C=O) groups is 1. The van der Waals surface area contributed by atoms with E-state index in [2.05, 4.69) is 10.3 Å². The normalized spacial score (nSPS) is 11.7. The molecule has 6 nitrogen and oxygen atoms in total. The summed E-state index contributed by atoms with van der Waals surface area (Å²) < 4.78 is 13.2. The molecular formula is C14H12FN3O3. The number of aromatic nitrogens is 1. The maximum atomic E-state index is 13.2. The molecule has 0 saturated carbocycles. The maximum absolute atomic E-state index is 13.2. The van der Waals surface area contributed by atoms with Crippen molar-refractivity contribution in [2.45, 2.75) is 13.0 Å². The number of benzene rings is 1. The topological polar surface area (TPSA) is 85.1 Å². The number of amides is 1. The zero-order valence-electron chi connectivity index (χ0n) is 11.1. The molecule has 1 aromatic carbocycles. The minimum atomic E-state index is -0.717. The second-order valence-electron chi connectivity index (χ2n) is 4.39. The van der Waals surface area contributed by atoms with Crippen LogP contribution in [0.1, 0.15) is 28.9 Å². The van der Waals surface area contributed by atoms with Gasteiger partial charge in [-0.1, -0.05) is 0 Å². The van der Waals surface area contributed by atoms with Gasteiger partial charge in [-0.25, -0.2) is 4.39 Å². The predicted octanol–water partition coefficient (Wildman–Crippen LogP) is 2.62. The third-order valence-corrected chi connectivity index (χ3v) is 2.95. The van der Waals surface area contributed by atoms with E-state index >= 15 is 0 Å². The fraction of sp³-hybridized carbons (Fsp3) is 0.143. The quantitative estimate of drug-likeness (QED) is 0.692. The number of hydrogen-bond acceptors (Lipinski definition) is 4. The van der Waals surface area contributed by atoms with Crippen LogP contribution in [0.25, 0.3) is 0 Å². The molecule has 0 fully saturated rings. The van der Waals surface area contributed by atoms with Crippen molar-refractivity contribution in [3.63, 3.8) is 0 Å². The first kappa shape index (κ1) is 14.6.